The van der Waals surface area contributed by atoms with Gasteiger partial charge in [-0.25, -0.2) is 0 Å². The summed E-state index contributed by atoms with van der Waals surface area (Å²) in [7, 11) is 0. The molecule has 2 fully saturated rings. The Hall–Kier alpha value is -0.820. The average Bonchev–Trinajstić information content (AvgIpc) is 2.97. The normalized spacial score (nSPS) is 31.2. The Morgan fingerprint density at radius 1 is 1.17 bits per heavy atom. The van der Waals surface area contributed by atoms with Crippen LogP contribution in [0.1, 0.15) is 48.9 Å². The molecule has 2 aliphatic rings. The second-order valence-electron chi connectivity index (χ2n) is 6.31. The van der Waals surface area contributed by atoms with Crippen molar-refractivity contribution in [2.45, 2.75) is 46.1 Å². The first-order valence-electron chi connectivity index (χ1n) is 7.50. The van der Waals surface area contributed by atoms with E-state index in [1.54, 1.807) is 5.56 Å². The molecule has 0 bridgehead atoms. The van der Waals surface area contributed by atoms with Gasteiger partial charge in [0, 0.05) is 6.04 Å². The highest BCUT2D eigenvalue weighted by atomic mass is 14.9. The van der Waals surface area contributed by atoms with Crippen LogP contribution >= 0.6 is 0 Å². The van der Waals surface area contributed by atoms with Crippen LogP contribution in [0, 0.1) is 31.6 Å². The first kappa shape index (κ1) is 12.2. The molecule has 1 nitrogen and oxygen atoms in total. The molecule has 3 unspecified atom stereocenters. The predicted octanol–water partition coefficient (Wildman–Crippen LogP) is 4.00. The second kappa shape index (κ2) is 4.70. The van der Waals surface area contributed by atoms with Crippen LogP contribution in [0.3, 0.4) is 0 Å². The van der Waals surface area contributed by atoms with E-state index in [2.05, 4.69) is 44.3 Å². The van der Waals surface area contributed by atoms with Crippen LogP contribution in [-0.4, -0.2) is 6.54 Å². The van der Waals surface area contributed by atoms with E-state index in [-0.39, 0.29) is 0 Å². The van der Waals surface area contributed by atoms with Crippen LogP contribution in [0.25, 0.3) is 0 Å². The standard InChI is InChI=1S/C17H25N/c1-4-18-17(15-9-13-8-14(13)10-15)16-7-5-6-11(2)12(16)3/h5-7,13-15,17-18H,4,8-10H2,1-3H3. The molecule has 0 aliphatic heterocycles. The van der Waals surface area contributed by atoms with Gasteiger partial charge in [-0.05, 0) is 74.1 Å². The molecule has 1 aromatic carbocycles. The van der Waals surface area contributed by atoms with Gasteiger partial charge in [-0.2, -0.15) is 0 Å². The van der Waals surface area contributed by atoms with Gasteiger partial charge in [0.25, 0.3) is 0 Å². The van der Waals surface area contributed by atoms with Crippen molar-refractivity contribution in [1.29, 1.82) is 0 Å². The van der Waals surface area contributed by atoms with Gasteiger partial charge < -0.3 is 5.32 Å². The predicted molar refractivity (Wildman–Crippen MR) is 76.7 cm³/mol. The number of nitrogens with one attached hydrogen (secondary N) is 1. The number of aryl methyl sites for hydroxylation is 1. The summed E-state index contributed by atoms with van der Waals surface area (Å²) in [4.78, 5) is 0. The third kappa shape index (κ3) is 2.09. The van der Waals surface area contributed by atoms with Crippen molar-refractivity contribution >= 4 is 0 Å². The van der Waals surface area contributed by atoms with Gasteiger partial charge in [-0.15, -0.1) is 0 Å². The Balaban J connectivity index is 1.86. The van der Waals surface area contributed by atoms with Gasteiger partial charge in [0.15, 0.2) is 0 Å². The van der Waals surface area contributed by atoms with Crippen molar-refractivity contribution in [3.05, 3.63) is 34.9 Å². The van der Waals surface area contributed by atoms with E-state index in [9.17, 15) is 0 Å². The minimum atomic E-state index is 0.586. The van der Waals surface area contributed by atoms with Gasteiger partial charge in [0.1, 0.15) is 0 Å². The highest BCUT2D eigenvalue weighted by Gasteiger charge is 2.48. The number of hydrogen-bond acceptors (Lipinski definition) is 1. The first-order valence-corrected chi connectivity index (χ1v) is 7.50. The summed E-state index contributed by atoms with van der Waals surface area (Å²) in [6.45, 7) is 7.82. The number of hydrogen-bond donors (Lipinski definition) is 1. The lowest BCUT2D eigenvalue weighted by Gasteiger charge is -2.28. The Bertz CT molecular complexity index is 427. The molecule has 0 aromatic heterocycles. The van der Waals surface area contributed by atoms with Gasteiger partial charge in [-0.1, -0.05) is 25.1 Å². The number of rotatable bonds is 4. The lowest BCUT2D eigenvalue weighted by atomic mass is 9.86. The molecule has 0 saturated heterocycles. The molecule has 1 aromatic rings. The molecular weight excluding hydrogens is 218 g/mol. The minimum absolute atomic E-state index is 0.586. The van der Waals surface area contributed by atoms with E-state index >= 15 is 0 Å². The molecule has 3 rings (SSSR count). The van der Waals surface area contributed by atoms with Crippen LogP contribution in [0.2, 0.25) is 0 Å². The molecule has 2 aliphatic carbocycles. The van der Waals surface area contributed by atoms with E-state index in [4.69, 9.17) is 0 Å². The fraction of sp³-hybridized carbons (Fsp3) is 0.647. The lowest BCUT2D eigenvalue weighted by Crippen LogP contribution is -2.28. The zero-order valence-corrected chi connectivity index (χ0v) is 11.9. The maximum absolute atomic E-state index is 3.75. The quantitative estimate of drug-likeness (QED) is 0.843. The summed E-state index contributed by atoms with van der Waals surface area (Å²) in [6.07, 6.45) is 4.42. The average molecular weight is 243 g/mol. The molecule has 18 heavy (non-hydrogen) atoms. The van der Waals surface area contributed by atoms with E-state index in [1.165, 1.54) is 30.4 Å². The SMILES string of the molecule is CCNC(c1cccc(C)c1C)C1CC2CC2C1. The van der Waals surface area contributed by atoms with Crippen LogP contribution in [0.4, 0.5) is 0 Å². The molecular formula is C17H25N. The Kier molecular flexibility index (Phi) is 3.19. The zero-order valence-electron chi connectivity index (χ0n) is 11.9. The third-order valence-corrected chi connectivity index (χ3v) is 5.16. The number of benzene rings is 1. The van der Waals surface area contributed by atoms with Crippen molar-refractivity contribution in [3.8, 4) is 0 Å². The molecule has 0 heterocycles. The lowest BCUT2D eigenvalue weighted by molar-refractivity contribution is 0.345. The molecule has 1 heteroatoms. The highest BCUT2D eigenvalue weighted by molar-refractivity contribution is 5.36. The Morgan fingerprint density at radius 2 is 1.89 bits per heavy atom. The summed E-state index contributed by atoms with van der Waals surface area (Å²) >= 11 is 0. The molecule has 98 valence electrons. The van der Waals surface area contributed by atoms with Crippen molar-refractivity contribution in [1.82, 2.24) is 5.32 Å². The van der Waals surface area contributed by atoms with Gasteiger partial charge in [0.2, 0.25) is 0 Å². The third-order valence-electron chi connectivity index (χ3n) is 5.16. The maximum atomic E-state index is 3.75. The van der Waals surface area contributed by atoms with Gasteiger partial charge in [-0.3, -0.25) is 0 Å². The molecule has 3 atom stereocenters. The first-order chi connectivity index (χ1) is 8.70. The van der Waals surface area contributed by atoms with E-state index in [0.717, 1.165) is 24.3 Å². The summed E-state index contributed by atoms with van der Waals surface area (Å²) in [5.74, 6) is 3.01. The van der Waals surface area contributed by atoms with E-state index in [1.807, 2.05) is 0 Å². The highest BCUT2D eigenvalue weighted by Crippen LogP contribution is 2.57. The molecule has 0 amide bonds. The van der Waals surface area contributed by atoms with Crippen molar-refractivity contribution in [2.24, 2.45) is 17.8 Å². The topological polar surface area (TPSA) is 12.0 Å². The molecule has 1 N–H and O–H groups in total. The minimum Gasteiger partial charge on any atom is -0.310 e. The smallest absolute Gasteiger partial charge is 0.0351 e. The zero-order chi connectivity index (χ0) is 12.7. The summed E-state index contributed by atoms with van der Waals surface area (Å²) in [6, 6.07) is 7.37. The van der Waals surface area contributed by atoms with Crippen molar-refractivity contribution in [3.63, 3.8) is 0 Å². The Labute approximate surface area is 111 Å². The van der Waals surface area contributed by atoms with Gasteiger partial charge in [0.05, 0.1) is 0 Å². The second-order valence-corrected chi connectivity index (χ2v) is 6.31. The van der Waals surface area contributed by atoms with E-state index < -0.39 is 0 Å². The monoisotopic (exact) mass is 243 g/mol. The summed E-state index contributed by atoms with van der Waals surface area (Å²) in [5, 5.41) is 3.75. The van der Waals surface area contributed by atoms with Crippen LogP contribution < -0.4 is 5.32 Å². The van der Waals surface area contributed by atoms with Crippen molar-refractivity contribution < 1.29 is 0 Å². The Morgan fingerprint density at radius 3 is 2.56 bits per heavy atom. The van der Waals surface area contributed by atoms with Crippen LogP contribution in [0.5, 0.6) is 0 Å². The summed E-state index contributed by atoms with van der Waals surface area (Å²) < 4.78 is 0. The van der Waals surface area contributed by atoms with Crippen molar-refractivity contribution in [2.75, 3.05) is 6.54 Å². The van der Waals surface area contributed by atoms with Crippen LogP contribution in [-0.2, 0) is 0 Å². The largest absolute Gasteiger partial charge is 0.310 e. The summed E-state index contributed by atoms with van der Waals surface area (Å²) in [5.41, 5.74) is 4.46. The molecule has 0 radical (unpaired) electrons. The maximum Gasteiger partial charge on any atom is 0.0351 e. The molecule has 2 saturated carbocycles. The van der Waals surface area contributed by atoms with Crippen LogP contribution in [0.15, 0.2) is 18.2 Å². The fourth-order valence-corrected chi connectivity index (χ4v) is 3.89. The van der Waals surface area contributed by atoms with Gasteiger partial charge >= 0.3 is 0 Å². The van der Waals surface area contributed by atoms with E-state index in [0.29, 0.717) is 6.04 Å². The fourth-order valence-electron chi connectivity index (χ4n) is 3.89. The number of fused-ring (bicyclic) bond motifs is 1. The molecule has 0 spiro atoms.